The van der Waals surface area contributed by atoms with Crippen LogP contribution in [0.2, 0.25) is 0 Å². The van der Waals surface area contributed by atoms with Crippen LogP contribution in [0.1, 0.15) is 38.7 Å². The van der Waals surface area contributed by atoms with Crippen molar-refractivity contribution >= 4 is 5.82 Å². The Labute approximate surface area is 104 Å². The summed E-state index contributed by atoms with van der Waals surface area (Å²) in [6.07, 6.45) is 6.49. The van der Waals surface area contributed by atoms with E-state index >= 15 is 0 Å². The zero-order chi connectivity index (χ0) is 12.3. The Balaban J connectivity index is 2.15. The maximum Gasteiger partial charge on any atom is 0.126 e. The first-order valence-corrected chi connectivity index (χ1v) is 6.56. The maximum atomic E-state index is 5.95. The number of nitrogens with two attached hydrogens (primary N) is 1. The molecule has 3 nitrogen and oxygen atoms in total. The molecule has 1 saturated heterocycles. The van der Waals surface area contributed by atoms with E-state index in [9.17, 15) is 0 Å². The molecule has 2 heterocycles. The lowest BCUT2D eigenvalue weighted by molar-refractivity contribution is 0.301. The quantitative estimate of drug-likeness (QED) is 0.839. The predicted octanol–water partition coefficient (Wildman–Crippen LogP) is 2.37. The lowest BCUT2D eigenvalue weighted by Gasteiger charge is -2.32. The van der Waals surface area contributed by atoms with Gasteiger partial charge in [0.25, 0.3) is 0 Å². The number of hydrogen-bond acceptors (Lipinski definition) is 3. The molecule has 1 aromatic rings. The van der Waals surface area contributed by atoms with Crippen molar-refractivity contribution in [3.8, 4) is 0 Å². The first kappa shape index (κ1) is 12.4. The van der Waals surface area contributed by atoms with Crippen LogP contribution in [0.5, 0.6) is 0 Å². The van der Waals surface area contributed by atoms with E-state index in [2.05, 4.69) is 30.2 Å². The standard InChI is InChI=1S/C14H23N3/c1-11(2)9-14(6-4-8-17-14)10-12-5-3-7-16-13(12)15/h3,5,7,11,17H,4,6,8-10H2,1-2H3,(H2,15,16). The maximum absolute atomic E-state index is 5.95. The van der Waals surface area contributed by atoms with E-state index in [1.165, 1.54) is 24.8 Å². The summed E-state index contributed by atoms with van der Waals surface area (Å²) >= 11 is 0. The third-order valence-electron chi connectivity index (χ3n) is 3.59. The molecule has 3 heteroatoms. The van der Waals surface area contributed by atoms with Gasteiger partial charge in [0, 0.05) is 11.7 Å². The fraction of sp³-hybridized carbons (Fsp3) is 0.643. The summed E-state index contributed by atoms with van der Waals surface area (Å²) in [6.45, 7) is 5.70. The van der Waals surface area contributed by atoms with E-state index in [0.29, 0.717) is 11.7 Å². The highest BCUT2D eigenvalue weighted by Crippen LogP contribution is 2.31. The summed E-state index contributed by atoms with van der Waals surface area (Å²) in [7, 11) is 0. The van der Waals surface area contributed by atoms with Crippen molar-refractivity contribution in [2.45, 2.75) is 45.1 Å². The van der Waals surface area contributed by atoms with Gasteiger partial charge in [0.05, 0.1) is 0 Å². The molecule has 0 saturated carbocycles. The number of nitrogens with zero attached hydrogens (tertiary/aromatic N) is 1. The molecule has 1 aliphatic heterocycles. The minimum atomic E-state index is 0.241. The monoisotopic (exact) mass is 233 g/mol. The van der Waals surface area contributed by atoms with Gasteiger partial charge in [0.2, 0.25) is 0 Å². The van der Waals surface area contributed by atoms with Gasteiger partial charge in [-0.25, -0.2) is 4.98 Å². The van der Waals surface area contributed by atoms with Crippen LogP contribution < -0.4 is 11.1 Å². The van der Waals surface area contributed by atoms with Crippen molar-refractivity contribution in [2.24, 2.45) is 5.92 Å². The Morgan fingerprint density at radius 2 is 2.35 bits per heavy atom. The predicted molar refractivity (Wildman–Crippen MR) is 71.8 cm³/mol. The molecule has 0 radical (unpaired) electrons. The van der Waals surface area contributed by atoms with E-state index in [1.807, 2.05) is 6.07 Å². The third-order valence-corrected chi connectivity index (χ3v) is 3.59. The van der Waals surface area contributed by atoms with Gasteiger partial charge in [-0.1, -0.05) is 19.9 Å². The van der Waals surface area contributed by atoms with Gasteiger partial charge < -0.3 is 11.1 Å². The summed E-state index contributed by atoms with van der Waals surface area (Å²) in [4.78, 5) is 4.18. The number of aromatic nitrogens is 1. The van der Waals surface area contributed by atoms with Gasteiger partial charge in [0.15, 0.2) is 0 Å². The molecule has 1 atom stereocenters. The van der Waals surface area contributed by atoms with Crippen LogP contribution in [0, 0.1) is 5.92 Å². The van der Waals surface area contributed by atoms with E-state index in [0.717, 1.165) is 13.0 Å². The van der Waals surface area contributed by atoms with Crippen LogP contribution >= 0.6 is 0 Å². The second-order valence-corrected chi connectivity index (χ2v) is 5.63. The van der Waals surface area contributed by atoms with E-state index in [1.54, 1.807) is 6.20 Å². The molecule has 0 bridgehead atoms. The molecule has 1 unspecified atom stereocenters. The molecule has 3 N–H and O–H groups in total. The molecule has 94 valence electrons. The summed E-state index contributed by atoms with van der Waals surface area (Å²) in [5, 5.41) is 3.69. The number of nitrogens with one attached hydrogen (secondary N) is 1. The van der Waals surface area contributed by atoms with Crippen molar-refractivity contribution < 1.29 is 0 Å². The topological polar surface area (TPSA) is 50.9 Å². The van der Waals surface area contributed by atoms with Crippen molar-refractivity contribution in [1.29, 1.82) is 0 Å². The van der Waals surface area contributed by atoms with E-state index in [4.69, 9.17) is 5.73 Å². The lowest BCUT2D eigenvalue weighted by Crippen LogP contribution is -2.43. The molecule has 1 aliphatic rings. The number of pyridine rings is 1. The average molecular weight is 233 g/mol. The smallest absolute Gasteiger partial charge is 0.126 e. The van der Waals surface area contributed by atoms with Crippen LogP contribution in [0.4, 0.5) is 5.82 Å². The van der Waals surface area contributed by atoms with Crippen molar-refractivity contribution in [3.05, 3.63) is 23.9 Å². The van der Waals surface area contributed by atoms with Crippen LogP contribution in [0.3, 0.4) is 0 Å². The van der Waals surface area contributed by atoms with Crippen molar-refractivity contribution in [2.75, 3.05) is 12.3 Å². The first-order valence-electron chi connectivity index (χ1n) is 6.56. The Bertz CT molecular complexity index is 367. The Morgan fingerprint density at radius 3 is 2.94 bits per heavy atom. The van der Waals surface area contributed by atoms with Crippen LogP contribution in [0.15, 0.2) is 18.3 Å². The van der Waals surface area contributed by atoms with Gasteiger partial charge in [-0.15, -0.1) is 0 Å². The van der Waals surface area contributed by atoms with Crippen LogP contribution in [-0.4, -0.2) is 17.1 Å². The minimum absolute atomic E-state index is 0.241. The molecule has 0 amide bonds. The average Bonchev–Trinajstić information content (AvgIpc) is 2.69. The van der Waals surface area contributed by atoms with E-state index < -0.39 is 0 Å². The highest BCUT2D eigenvalue weighted by atomic mass is 15.0. The molecule has 0 aromatic carbocycles. The molecule has 1 aromatic heterocycles. The Morgan fingerprint density at radius 1 is 1.53 bits per heavy atom. The second-order valence-electron chi connectivity index (χ2n) is 5.63. The van der Waals surface area contributed by atoms with Gasteiger partial charge in [-0.05, 0) is 49.8 Å². The van der Waals surface area contributed by atoms with Crippen LogP contribution in [0.25, 0.3) is 0 Å². The normalized spacial score (nSPS) is 24.4. The summed E-state index contributed by atoms with van der Waals surface area (Å²) < 4.78 is 0. The molecule has 1 fully saturated rings. The fourth-order valence-corrected chi connectivity index (χ4v) is 3.01. The molecule has 0 aliphatic carbocycles. The summed E-state index contributed by atoms with van der Waals surface area (Å²) in [5.74, 6) is 1.39. The Hall–Kier alpha value is -1.09. The number of rotatable bonds is 4. The van der Waals surface area contributed by atoms with Crippen molar-refractivity contribution in [1.82, 2.24) is 10.3 Å². The molecular weight excluding hydrogens is 210 g/mol. The lowest BCUT2D eigenvalue weighted by atomic mass is 9.82. The van der Waals surface area contributed by atoms with E-state index in [-0.39, 0.29) is 5.54 Å². The number of anilines is 1. The molecule has 0 spiro atoms. The highest BCUT2D eigenvalue weighted by molar-refractivity contribution is 5.39. The van der Waals surface area contributed by atoms with Gasteiger partial charge >= 0.3 is 0 Å². The number of hydrogen-bond donors (Lipinski definition) is 2. The largest absolute Gasteiger partial charge is 0.383 e. The SMILES string of the molecule is CC(C)CC1(Cc2cccnc2N)CCCN1. The molecular formula is C14H23N3. The van der Waals surface area contributed by atoms with Crippen molar-refractivity contribution in [3.63, 3.8) is 0 Å². The zero-order valence-corrected chi connectivity index (χ0v) is 10.9. The van der Waals surface area contributed by atoms with Gasteiger partial charge in [-0.2, -0.15) is 0 Å². The van der Waals surface area contributed by atoms with Gasteiger partial charge in [0.1, 0.15) is 5.82 Å². The fourth-order valence-electron chi connectivity index (χ4n) is 3.01. The summed E-state index contributed by atoms with van der Waals surface area (Å²) in [5.41, 5.74) is 7.37. The second kappa shape index (κ2) is 5.05. The number of nitrogen functional groups attached to an aromatic ring is 1. The van der Waals surface area contributed by atoms with Gasteiger partial charge in [-0.3, -0.25) is 0 Å². The Kier molecular flexibility index (Phi) is 3.67. The first-order chi connectivity index (χ1) is 8.11. The van der Waals surface area contributed by atoms with Crippen LogP contribution in [-0.2, 0) is 6.42 Å². The zero-order valence-electron chi connectivity index (χ0n) is 10.9. The minimum Gasteiger partial charge on any atom is -0.383 e. The molecule has 17 heavy (non-hydrogen) atoms. The highest BCUT2D eigenvalue weighted by Gasteiger charge is 2.34. The molecule has 2 rings (SSSR count). The third kappa shape index (κ3) is 2.97. The summed E-state index contributed by atoms with van der Waals surface area (Å²) in [6, 6.07) is 4.08.